The number of carbonyl (C=O) groups excluding carboxylic acids is 1. The number of nitrogens with one attached hydrogen (secondary N) is 2. The summed E-state index contributed by atoms with van der Waals surface area (Å²) in [5, 5.41) is 7.12. The molecule has 5 heteroatoms. The number of hydrogen-bond acceptors (Lipinski definition) is 3. The zero-order valence-corrected chi connectivity index (χ0v) is 15.4. The molecular formula is C21H23ClN2O2. The minimum absolute atomic E-state index is 0.150. The summed E-state index contributed by atoms with van der Waals surface area (Å²) < 4.78 is 5.78. The van der Waals surface area contributed by atoms with Crippen molar-refractivity contribution in [2.45, 2.75) is 25.9 Å². The second-order valence-electron chi connectivity index (χ2n) is 7.26. The lowest BCUT2D eigenvalue weighted by Crippen LogP contribution is -2.31. The lowest BCUT2D eigenvalue weighted by molar-refractivity contribution is -0.118. The first-order chi connectivity index (χ1) is 12.7. The second-order valence-corrected chi connectivity index (χ2v) is 7.67. The van der Waals surface area contributed by atoms with Crippen LogP contribution in [0.5, 0.6) is 5.75 Å². The molecule has 1 amide bonds. The molecule has 0 aromatic heterocycles. The summed E-state index contributed by atoms with van der Waals surface area (Å²) in [7, 11) is 0. The van der Waals surface area contributed by atoms with Crippen molar-refractivity contribution in [1.82, 2.24) is 5.32 Å². The molecule has 0 radical (unpaired) electrons. The van der Waals surface area contributed by atoms with Gasteiger partial charge >= 0.3 is 0 Å². The smallest absolute Gasteiger partial charge is 0.228 e. The van der Waals surface area contributed by atoms with Gasteiger partial charge in [-0.15, -0.1) is 0 Å². The second kappa shape index (κ2) is 7.29. The molecular weight excluding hydrogens is 348 g/mol. The number of halogens is 1. The molecule has 1 heterocycles. The highest BCUT2D eigenvalue weighted by Gasteiger charge is 2.57. The SMILES string of the molecule is O=C(Nc1ccc(OCc2ccccc2Cl)cc1)C1CC12CCNCC2. The van der Waals surface area contributed by atoms with Crippen LogP contribution in [-0.4, -0.2) is 19.0 Å². The van der Waals surface area contributed by atoms with Crippen LogP contribution in [0.2, 0.25) is 5.02 Å². The van der Waals surface area contributed by atoms with Crippen molar-refractivity contribution in [2.24, 2.45) is 11.3 Å². The van der Waals surface area contributed by atoms with Crippen molar-refractivity contribution in [2.75, 3.05) is 18.4 Å². The maximum absolute atomic E-state index is 12.5. The Hall–Kier alpha value is -2.04. The molecule has 1 saturated carbocycles. The highest BCUT2D eigenvalue weighted by Crippen LogP contribution is 2.58. The molecule has 2 aromatic carbocycles. The first-order valence-corrected chi connectivity index (χ1v) is 9.52. The molecule has 1 atom stereocenters. The summed E-state index contributed by atoms with van der Waals surface area (Å²) in [5.74, 6) is 1.07. The summed E-state index contributed by atoms with van der Waals surface area (Å²) in [6, 6.07) is 15.2. The van der Waals surface area contributed by atoms with Gasteiger partial charge in [-0.1, -0.05) is 29.8 Å². The fraction of sp³-hybridized carbons (Fsp3) is 0.381. The van der Waals surface area contributed by atoms with E-state index in [-0.39, 0.29) is 17.2 Å². The first-order valence-electron chi connectivity index (χ1n) is 9.14. The van der Waals surface area contributed by atoms with E-state index >= 15 is 0 Å². The van der Waals surface area contributed by atoms with Gasteiger partial charge < -0.3 is 15.4 Å². The Morgan fingerprint density at radius 1 is 1.15 bits per heavy atom. The largest absolute Gasteiger partial charge is 0.489 e. The minimum Gasteiger partial charge on any atom is -0.489 e. The number of ether oxygens (including phenoxy) is 1. The molecule has 2 N–H and O–H groups in total. The fourth-order valence-corrected chi connectivity index (χ4v) is 4.03. The van der Waals surface area contributed by atoms with Crippen molar-refractivity contribution >= 4 is 23.2 Å². The van der Waals surface area contributed by atoms with E-state index in [4.69, 9.17) is 16.3 Å². The number of hydrogen-bond donors (Lipinski definition) is 2. The summed E-state index contributed by atoms with van der Waals surface area (Å²) >= 11 is 6.14. The van der Waals surface area contributed by atoms with Gasteiger partial charge in [-0.2, -0.15) is 0 Å². The van der Waals surface area contributed by atoms with E-state index in [0.717, 1.165) is 49.4 Å². The number of benzene rings is 2. The molecule has 4 rings (SSSR count). The Kier molecular flexibility index (Phi) is 4.88. The Morgan fingerprint density at radius 2 is 1.88 bits per heavy atom. The Morgan fingerprint density at radius 3 is 2.62 bits per heavy atom. The van der Waals surface area contributed by atoms with Crippen molar-refractivity contribution in [1.29, 1.82) is 0 Å². The Labute approximate surface area is 158 Å². The average molecular weight is 371 g/mol. The van der Waals surface area contributed by atoms with Crippen LogP contribution < -0.4 is 15.4 Å². The number of rotatable bonds is 5. The third-order valence-electron chi connectivity index (χ3n) is 5.58. The summed E-state index contributed by atoms with van der Waals surface area (Å²) in [6.07, 6.45) is 3.25. The lowest BCUT2D eigenvalue weighted by Gasteiger charge is -2.23. The molecule has 2 aromatic rings. The predicted molar refractivity (Wildman–Crippen MR) is 103 cm³/mol. The third-order valence-corrected chi connectivity index (χ3v) is 5.95. The molecule has 136 valence electrons. The van der Waals surface area contributed by atoms with Crippen LogP contribution in [0.1, 0.15) is 24.8 Å². The maximum atomic E-state index is 12.5. The fourth-order valence-electron chi connectivity index (χ4n) is 3.84. The van der Waals surface area contributed by atoms with Gasteiger partial charge in [-0.25, -0.2) is 0 Å². The molecule has 0 bridgehead atoms. The van der Waals surface area contributed by atoms with Gasteiger partial charge in [0.15, 0.2) is 0 Å². The molecule has 2 fully saturated rings. The standard InChI is InChI=1S/C21H23ClN2O2/c22-19-4-2-1-3-15(19)14-26-17-7-5-16(6-8-17)24-20(25)18-13-21(18)9-11-23-12-10-21/h1-8,18,23H,9-14H2,(H,24,25). The molecule has 1 aliphatic carbocycles. The molecule has 1 saturated heterocycles. The van der Waals surface area contributed by atoms with E-state index in [9.17, 15) is 4.79 Å². The Balaban J connectivity index is 1.30. The topological polar surface area (TPSA) is 50.4 Å². The highest BCUT2D eigenvalue weighted by atomic mass is 35.5. The van der Waals surface area contributed by atoms with E-state index in [1.165, 1.54) is 0 Å². The van der Waals surface area contributed by atoms with Gasteiger partial charge in [0.2, 0.25) is 5.91 Å². The van der Waals surface area contributed by atoms with Crippen molar-refractivity contribution in [3.05, 3.63) is 59.1 Å². The first kappa shape index (κ1) is 17.4. The van der Waals surface area contributed by atoms with Crippen LogP contribution in [0, 0.1) is 11.3 Å². The van der Waals surface area contributed by atoms with E-state index in [1.54, 1.807) is 0 Å². The highest BCUT2D eigenvalue weighted by molar-refractivity contribution is 6.31. The van der Waals surface area contributed by atoms with Gasteiger partial charge in [-0.05, 0) is 68.1 Å². The van der Waals surface area contributed by atoms with Crippen LogP contribution in [0.25, 0.3) is 0 Å². The van der Waals surface area contributed by atoms with Gasteiger partial charge in [0.1, 0.15) is 12.4 Å². The van der Waals surface area contributed by atoms with Crippen LogP contribution in [0.3, 0.4) is 0 Å². The van der Waals surface area contributed by atoms with E-state index in [2.05, 4.69) is 10.6 Å². The van der Waals surface area contributed by atoms with Crippen LogP contribution >= 0.6 is 11.6 Å². The summed E-state index contributed by atoms with van der Waals surface area (Å²) in [6.45, 7) is 2.48. The molecule has 1 unspecified atom stereocenters. The number of amides is 1. The quantitative estimate of drug-likeness (QED) is 0.827. The monoisotopic (exact) mass is 370 g/mol. The third kappa shape index (κ3) is 3.71. The maximum Gasteiger partial charge on any atom is 0.228 e. The molecule has 26 heavy (non-hydrogen) atoms. The number of carbonyl (C=O) groups is 1. The van der Waals surface area contributed by atoms with Crippen molar-refractivity contribution in [3.63, 3.8) is 0 Å². The van der Waals surface area contributed by atoms with Gasteiger partial charge in [0.25, 0.3) is 0 Å². The number of piperidine rings is 1. The molecule has 1 aliphatic heterocycles. The average Bonchev–Trinajstić information content (AvgIpc) is 3.36. The van der Waals surface area contributed by atoms with Crippen molar-refractivity contribution in [3.8, 4) is 5.75 Å². The van der Waals surface area contributed by atoms with Crippen molar-refractivity contribution < 1.29 is 9.53 Å². The summed E-state index contributed by atoms with van der Waals surface area (Å²) in [4.78, 5) is 12.5. The van der Waals surface area contributed by atoms with Gasteiger partial charge in [-0.3, -0.25) is 4.79 Å². The predicted octanol–water partition coefficient (Wildman–Crippen LogP) is 4.25. The van der Waals surface area contributed by atoms with Gasteiger partial charge in [0, 0.05) is 22.2 Å². The lowest BCUT2D eigenvalue weighted by atomic mass is 9.92. The van der Waals surface area contributed by atoms with E-state index in [1.807, 2.05) is 48.5 Å². The van der Waals surface area contributed by atoms with Crippen LogP contribution in [0.15, 0.2) is 48.5 Å². The number of anilines is 1. The normalized spacial score (nSPS) is 20.6. The summed E-state index contributed by atoms with van der Waals surface area (Å²) in [5.41, 5.74) is 2.02. The zero-order valence-electron chi connectivity index (χ0n) is 14.6. The molecule has 2 aliphatic rings. The van der Waals surface area contributed by atoms with Crippen LogP contribution in [-0.2, 0) is 11.4 Å². The molecule has 1 spiro atoms. The molecule has 4 nitrogen and oxygen atoms in total. The van der Waals surface area contributed by atoms with E-state index < -0.39 is 0 Å². The van der Waals surface area contributed by atoms with Crippen LogP contribution in [0.4, 0.5) is 5.69 Å². The van der Waals surface area contributed by atoms with Gasteiger partial charge in [0.05, 0.1) is 0 Å². The minimum atomic E-state index is 0.150. The van der Waals surface area contributed by atoms with E-state index in [0.29, 0.717) is 11.6 Å². The Bertz CT molecular complexity index is 785. The zero-order chi connectivity index (χ0) is 18.0.